The molecule has 2 aromatic carbocycles. The Kier molecular flexibility index (Phi) is 2.89. The second-order valence-corrected chi connectivity index (χ2v) is 6.48. The van der Waals surface area contributed by atoms with Crippen molar-refractivity contribution in [3.63, 3.8) is 0 Å². The predicted octanol–water partition coefficient (Wildman–Crippen LogP) is 4.81. The Morgan fingerprint density at radius 3 is 2.95 bits per heavy atom. The standard InChI is InChI=1S/C18H14O2S/c1-11-6-7-15-12(8-11)9-16(20-15)18(19)14-10-21-17-5-3-2-4-13(14)17/h2-9,14H,10H2,1H3. The van der Waals surface area contributed by atoms with Crippen LogP contribution in [0.2, 0.25) is 0 Å². The predicted molar refractivity (Wildman–Crippen MR) is 85.2 cm³/mol. The van der Waals surface area contributed by atoms with E-state index in [1.165, 1.54) is 10.5 Å². The van der Waals surface area contributed by atoms with Crippen LogP contribution < -0.4 is 0 Å². The Labute approximate surface area is 127 Å². The third-order valence-corrected chi connectivity index (χ3v) is 5.11. The van der Waals surface area contributed by atoms with Gasteiger partial charge >= 0.3 is 0 Å². The number of aryl methyl sites for hydroxylation is 1. The van der Waals surface area contributed by atoms with Gasteiger partial charge in [0.1, 0.15) is 5.58 Å². The molecular weight excluding hydrogens is 280 g/mol. The maximum absolute atomic E-state index is 12.8. The van der Waals surface area contributed by atoms with Crippen molar-refractivity contribution in [2.75, 3.05) is 5.75 Å². The van der Waals surface area contributed by atoms with Gasteiger partial charge in [0.25, 0.3) is 0 Å². The number of benzene rings is 2. The molecule has 2 nitrogen and oxygen atoms in total. The van der Waals surface area contributed by atoms with E-state index in [1.54, 1.807) is 11.8 Å². The Morgan fingerprint density at radius 2 is 2.05 bits per heavy atom. The van der Waals surface area contributed by atoms with Gasteiger partial charge in [-0.1, -0.05) is 29.8 Å². The quantitative estimate of drug-likeness (QED) is 0.635. The molecule has 1 unspecified atom stereocenters. The fraction of sp³-hybridized carbons (Fsp3) is 0.167. The van der Waals surface area contributed by atoms with E-state index in [9.17, 15) is 4.79 Å². The van der Waals surface area contributed by atoms with Gasteiger partial charge in [-0.25, -0.2) is 0 Å². The molecule has 1 aromatic heterocycles. The lowest BCUT2D eigenvalue weighted by Gasteiger charge is -2.06. The van der Waals surface area contributed by atoms with Crippen LogP contribution in [0.3, 0.4) is 0 Å². The molecule has 3 aromatic rings. The largest absolute Gasteiger partial charge is 0.453 e. The molecule has 21 heavy (non-hydrogen) atoms. The summed E-state index contributed by atoms with van der Waals surface area (Å²) in [7, 11) is 0. The number of hydrogen-bond donors (Lipinski definition) is 0. The zero-order chi connectivity index (χ0) is 14.4. The topological polar surface area (TPSA) is 30.2 Å². The zero-order valence-electron chi connectivity index (χ0n) is 11.6. The summed E-state index contributed by atoms with van der Waals surface area (Å²) in [5.74, 6) is 1.26. The van der Waals surface area contributed by atoms with Gasteiger partial charge in [0.15, 0.2) is 5.76 Å². The highest BCUT2D eigenvalue weighted by molar-refractivity contribution is 7.99. The first-order valence-electron chi connectivity index (χ1n) is 6.98. The van der Waals surface area contributed by atoms with Gasteiger partial charge in [0.05, 0.1) is 5.92 Å². The van der Waals surface area contributed by atoms with Crippen LogP contribution >= 0.6 is 11.8 Å². The van der Waals surface area contributed by atoms with Crippen LogP contribution in [0.4, 0.5) is 0 Å². The average Bonchev–Trinajstić information content (AvgIpc) is 3.09. The SMILES string of the molecule is Cc1ccc2oc(C(=O)C3CSc4ccccc43)cc2c1. The molecule has 1 atom stereocenters. The number of carbonyl (C=O) groups excluding carboxylic acids is 1. The first-order chi connectivity index (χ1) is 10.2. The maximum Gasteiger partial charge on any atom is 0.206 e. The van der Waals surface area contributed by atoms with Gasteiger partial charge in [0.2, 0.25) is 5.78 Å². The minimum atomic E-state index is -0.0899. The highest BCUT2D eigenvalue weighted by Crippen LogP contribution is 2.41. The summed E-state index contributed by atoms with van der Waals surface area (Å²) in [4.78, 5) is 14.0. The van der Waals surface area contributed by atoms with Crippen LogP contribution in [0.1, 0.15) is 27.6 Å². The Balaban J connectivity index is 1.74. The Hall–Kier alpha value is -2.00. The monoisotopic (exact) mass is 294 g/mol. The summed E-state index contributed by atoms with van der Waals surface area (Å²) in [6, 6.07) is 16.0. The Bertz CT molecular complexity index is 847. The first kappa shape index (κ1) is 12.7. The number of hydrogen-bond acceptors (Lipinski definition) is 3. The second kappa shape index (κ2) is 4.78. The lowest BCUT2D eigenvalue weighted by atomic mass is 9.95. The van der Waals surface area contributed by atoms with E-state index in [1.807, 2.05) is 49.4 Å². The van der Waals surface area contributed by atoms with Crippen molar-refractivity contribution in [2.45, 2.75) is 17.7 Å². The van der Waals surface area contributed by atoms with Crippen LogP contribution in [-0.4, -0.2) is 11.5 Å². The number of thioether (sulfide) groups is 1. The normalized spacial score (nSPS) is 17.1. The number of fused-ring (bicyclic) bond motifs is 2. The van der Waals surface area contributed by atoms with Gasteiger partial charge in [-0.3, -0.25) is 4.79 Å². The lowest BCUT2D eigenvalue weighted by molar-refractivity contribution is 0.0943. The van der Waals surface area contributed by atoms with Gasteiger partial charge < -0.3 is 4.42 Å². The zero-order valence-corrected chi connectivity index (χ0v) is 12.4. The smallest absolute Gasteiger partial charge is 0.206 e. The second-order valence-electron chi connectivity index (χ2n) is 5.42. The van der Waals surface area contributed by atoms with Crippen LogP contribution in [0.15, 0.2) is 57.8 Å². The summed E-state index contributed by atoms with van der Waals surface area (Å²) in [5.41, 5.74) is 3.08. The fourth-order valence-electron chi connectivity index (χ4n) is 2.84. The molecule has 0 bridgehead atoms. The molecule has 1 aliphatic heterocycles. The van der Waals surface area contributed by atoms with Crippen molar-refractivity contribution >= 4 is 28.5 Å². The van der Waals surface area contributed by atoms with Crippen LogP contribution in [0.5, 0.6) is 0 Å². The summed E-state index contributed by atoms with van der Waals surface area (Å²) in [6.45, 7) is 2.04. The maximum atomic E-state index is 12.8. The number of rotatable bonds is 2. The fourth-order valence-corrected chi connectivity index (χ4v) is 4.06. The van der Waals surface area contributed by atoms with Gasteiger partial charge in [-0.05, 0) is 36.8 Å². The minimum Gasteiger partial charge on any atom is -0.453 e. The molecule has 104 valence electrons. The summed E-state index contributed by atoms with van der Waals surface area (Å²) < 4.78 is 5.75. The average molecular weight is 294 g/mol. The first-order valence-corrected chi connectivity index (χ1v) is 7.97. The molecule has 0 N–H and O–H groups in total. The molecule has 1 aliphatic rings. The van der Waals surface area contributed by atoms with Gasteiger partial charge in [-0.2, -0.15) is 0 Å². The van der Waals surface area contributed by atoms with Crippen molar-refractivity contribution in [1.29, 1.82) is 0 Å². The van der Waals surface area contributed by atoms with E-state index < -0.39 is 0 Å². The molecule has 0 saturated heterocycles. The van der Waals surface area contributed by atoms with Crippen LogP contribution in [-0.2, 0) is 0 Å². The Morgan fingerprint density at radius 1 is 1.19 bits per heavy atom. The highest BCUT2D eigenvalue weighted by Gasteiger charge is 2.31. The molecule has 0 aliphatic carbocycles. The number of Topliss-reactive ketones (excluding diaryl/α,β-unsaturated/α-hetero) is 1. The molecule has 4 rings (SSSR count). The lowest BCUT2D eigenvalue weighted by Crippen LogP contribution is -2.11. The van der Waals surface area contributed by atoms with Crippen LogP contribution in [0.25, 0.3) is 11.0 Å². The van der Waals surface area contributed by atoms with E-state index in [2.05, 4.69) is 6.07 Å². The number of carbonyl (C=O) groups is 1. The molecular formula is C18H14O2S. The molecule has 0 radical (unpaired) electrons. The van der Waals surface area contributed by atoms with Crippen molar-refractivity contribution in [2.24, 2.45) is 0 Å². The molecule has 0 spiro atoms. The van der Waals surface area contributed by atoms with E-state index >= 15 is 0 Å². The molecule has 0 fully saturated rings. The third kappa shape index (κ3) is 2.09. The van der Waals surface area contributed by atoms with Crippen LogP contribution in [0, 0.1) is 6.92 Å². The van der Waals surface area contributed by atoms with E-state index in [4.69, 9.17) is 4.42 Å². The molecule has 2 heterocycles. The minimum absolute atomic E-state index is 0.0845. The van der Waals surface area contributed by atoms with Crippen molar-refractivity contribution in [1.82, 2.24) is 0 Å². The highest BCUT2D eigenvalue weighted by atomic mass is 32.2. The van der Waals surface area contributed by atoms with E-state index in [0.29, 0.717) is 5.76 Å². The summed E-state index contributed by atoms with van der Waals surface area (Å²) in [5, 5.41) is 0.997. The van der Waals surface area contributed by atoms with Gasteiger partial charge in [-0.15, -0.1) is 11.8 Å². The molecule has 0 amide bonds. The van der Waals surface area contributed by atoms with E-state index in [-0.39, 0.29) is 11.7 Å². The van der Waals surface area contributed by atoms with Gasteiger partial charge in [0, 0.05) is 16.0 Å². The van der Waals surface area contributed by atoms with Crippen molar-refractivity contribution < 1.29 is 9.21 Å². The summed E-state index contributed by atoms with van der Waals surface area (Å²) >= 11 is 1.75. The summed E-state index contributed by atoms with van der Waals surface area (Å²) in [6.07, 6.45) is 0. The number of ketones is 1. The number of furan rings is 1. The van der Waals surface area contributed by atoms with E-state index in [0.717, 1.165) is 22.3 Å². The van der Waals surface area contributed by atoms with Crippen molar-refractivity contribution in [3.8, 4) is 0 Å². The third-order valence-electron chi connectivity index (χ3n) is 3.93. The molecule has 3 heteroatoms. The molecule has 0 saturated carbocycles. The van der Waals surface area contributed by atoms with Crippen molar-refractivity contribution in [3.05, 3.63) is 65.4 Å².